The van der Waals surface area contributed by atoms with Crippen LogP contribution in [0.25, 0.3) is 0 Å². The van der Waals surface area contributed by atoms with Gasteiger partial charge in [0, 0.05) is 15.5 Å². The summed E-state index contributed by atoms with van der Waals surface area (Å²) in [5.74, 6) is 0. The van der Waals surface area contributed by atoms with Crippen LogP contribution in [0.2, 0.25) is 5.02 Å². The molecule has 0 fully saturated rings. The second-order valence-electron chi connectivity index (χ2n) is 4.43. The van der Waals surface area contributed by atoms with E-state index in [9.17, 15) is 0 Å². The van der Waals surface area contributed by atoms with Gasteiger partial charge >= 0.3 is 0 Å². The molecule has 2 aromatic carbocycles. The Hall–Kier alpha value is -0.830. The smallest absolute Gasteiger partial charge is 0.0438 e. The zero-order valence-corrected chi connectivity index (χ0v) is 12.5. The fraction of sp³-hybridized carbons (Fsp3) is 0.200. The number of halogens is 2. The van der Waals surface area contributed by atoms with Gasteiger partial charge in [-0.05, 0) is 36.6 Å². The van der Waals surface area contributed by atoms with Crippen LogP contribution in [0.3, 0.4) is 0 Å². The van der Waals surface area contributed by atoms with Gasteiger partial charge in [0.05, 0.1) is 0 Å². The number of hydrogen-bond acceptors (Lipinski definition) is 1. The van der Waals surface area contributed by atoms with Crippen LogP contribution in [-0.2, 0) is 6.42 Å². The summed E-state index contributed by atoms with van der Waals surface area (Å²) in [6.07, 6.45) is 0.738. The monoisotopic (exact) mass is 323 g/mol. The predicted molar refractivity (Wildman–Crippen MR) is 81.0 cm³/mol. The SMILES string of the molecule is Cc1ccc(Br)c(C(N)Cc2ccccc2Cl)c1. The Balaban J connectivity index is 2.25. The lowest BCUT2D eigenvalue weighted by atomic mass is 9.98. The summed E-state index contributed by atoms with van der Waals surface area (Å²) < 4.78 is 1.05. The van der Waals surface area contributed by atoms with E-state index < -0.39 is 0 Å². The third kappa shape index (κ3) is 3.14. The summed E-state index contributed by atoms with van der Waals surface area (Å²) in [5, 5.41) is 0.775. The number of hydrogen-bond donors (Lipinski definition) is 1. The molecule has 0 radical (unpaired) electrons. The third-order valence-electron chi connectivity index (χ3n) is 2.95. The molecular weight excluding hydrogens is 310 g/mol. The highest BCUT2D eigenvalue weighted by atomic mass is 79.9. The topological polar surface area (TPSA) is 26.0 Å². The molecule has 3 heteroatoms. The van der Waals surface area contributed by atoms with E-state index in [0.29, 0.717) is 0 Å². The summed E-state index contributed by atoms with van der Waals surface area (Å²) in [7, 11) is 0. The summed E-state index contributed by atoms with van der Waals surface area (Å²) >= 11 is 9.71. The maximum atomic E-state index is 6.28. The van der Waals surface area contributed by atoms with E-state index in [-0.39, 0.29) is 6.04 Å². The molecule has 0 saturated heterocycles. The van der Waals surface area contributed by atoms with E-state index in [1.807, 2.05) is 30.3 Å². The highest BCUT2D eigenvalue weighted by Crippen LogP contribution is 2.27. The molecule has 0 aromatic heterocycles. The minimum absolute atomic E-state index is 0.0563. The van der Waals surface area contributed by atoms with Crippen LogP contribution in [0.5, 0.6) is 0 Å². The first-order valence-corrected chi connectivity index (χ1v) is 7.00. The number of rotatable bonds is 3. The summed E-state index contributed by atoms with van der Waals surface area (Å²) in [6, 6.07) is 14.0. The standard InChI is InChI=1S/C15H15BrClN/c1-10-6-7-13(16)12(8-10)15(18)9-11-4-2-3-5-14(11)17/h2-8,15H,9,18H2,1H3. The average Bonchev–Trinajstić information content (AvgIpc) is 2.35. The lowest BCUT2D eigenvalue weighted by molar-refractivity contribution is 0.718. The molecule has 94 valence electrons. The Morgan fingerprint density at radius 2 is 1.94 bits per heavy atom. The Labute approximate surface area is 121 Å². The van der Waals surface area contributed by atoms with Crippen molar-refractivity contribution < 1.29 is 0 Å². The minimum Gasteiger partial charge on any atom is -0.324 e. The van der Waals surface area contributed by atoms with E-state index >= 15 is 0 Å². The molecular formula is C15H15BrClN. The molecule has 0 aliphatic rings. The molecule has 0 bridgehead atoms. The van der Waals surface area contributed by atoms with Crippen LogP contribution in [-0.4, -0.2) is 0 Å². The van der Waals surface area contributed by atoms with Crippen molar-refractivity contribution >= 4 is 27.5 Å². The third-order valence-corrected chi connectivity index (χ3v) is 4.04. The Morgan fingerprint density at radius 1 is 1.22 bits per heavy atom. The van der Waals surface area contributed by atoms with Crippen molar-refractivity contribution in [3.05, 3.63) is 68.7 Å². The summed E-state index contributed by atoms with van der Waals surface area (Å²) in [4.78, 5) is 0. The van der Waals surface area contributed by atoms with Gasteiger partial charge in [0.2, 0.25) is 0 Å². The van der Waals surface area contributed by atoms with Crippen LogP contribution >= 0.6 is 27.5 Å². The van der Waals surface area contributed by atoms with Crippen LogP contribution in [0.4, 0.5) is 0 Å². The van der Waals surface area contributed by atoms with Crippen molar-refractivity contribution in [2.45, 2.75) is 19.4 Å². The van der Waals surface area contributed by atoms with Gasteiger partial charge in [-0.1, -0.05) is 63.4 Å². The quantitative estimate of drug-likeness (QED) is 0.873. The zero-order valence-electron chi connectivity index (χ0n) is 10.2. The number of benzene rings is 2. The fourth-order valence-electron chi connectivity index (χ4n) is 1.96. The summed E-state index contributed by atoms with van der Waals surface area (Å²) in [6.45, 7) is 2.07. The Bertz CT molecular complexity index is 554. The maximum absolute atomic E-state index is 6.28. The largest absolute Gasteiger partial charge is 0.324 e. The molecule has 1 unspecified atom stereocenters. The van der Waals surface area contributed by atoms with E-state index in [1.165, 1.54) is 5.56 Å². The van der Waals surface area contributed by atoms with Crippen molar-refractivity contribution in [2.75, 3.05) is 0 Å². The van der Waals surface area contributed by atoms with Gasteiger partial charge in [-0.25, -0.2) is 0 Å². The van der Waals surface area contributed by atoms with E-state index in [1.54, 1.807) is 0 Å². The van der Waals surface area contributed by atoms with E-state index in [4.69, 9.17) is 17.3 Å². The van der Waals surface area contributed by atoms with Crippen molar-refractivity contribution in [3.63, 3.8) is 0 Å². The van der Waals surface area contributed by atoms with Crippen LogP contribution in [0, 0.1) is 6.92 Å². The van der Waals surface area contributed by atoms with Crippen molar-refractivity contribution in [3.8, 4) is 0 Å². The van der Waals surface area contributed by atoms with Crippen LogP contribution in [0.15, 0.2) is 46.9 Å². The van der Waals surface area contributed by atoms with Gasteiger partial charge in [0.15, 0.2) is 0 Å². The van der Waals surface area contributed by atoms with Crippen LogP contribution < -0.4 is 5.73 Å². The molecule has 2 aromatic rings. The Morgan fingerprint density at radius 3 is 2.67 bits per heavy atom. The van der Waals surface area contributed by atoms with Gasteiger partial charge in [0.25, 0.3) is 0 Å². The highest BCUT2D eigenvalue weighted by Gasteiger charge is 2.12. The number of nitrogens with two attached hydrogens (primary N) is 1. The first-order chi connectivity index (χ1) is 8.58. The van der Waals surface area contributed by atoms with Gasteiger partial charge in [-0.15, -0.1) is 0 Å². The first kappa shape index (κ1) is 13.6. The molecule has 18 heavy (non-hydrogen) atoms. The Kier molecular flexibility index (Phi) is 4.44. The van der Waals surface area contributed by atoms with Crippen molar-refractivity contribution in [1.29, 1.82) is 0 Å². The minimum atomic E-state index is -0.0563. The van der Waals surface area contributed by atoms with E-state index in [0.717, 1.165) is 27.0 Å². The second kappa shape index (κ2) is 5.87. The molecule has 2 rings (SSSR count). The predicted octanol–water partition coefficient (Wildman–Crippen LogP) is 4.65. The van der Waals surface area contributed by atoms with Gasteiger partial charge in [-0.2, -0.15) is 0 Å². The molecule has 0 aliphatic carbocycles. The van der Waals surface area contributed by atoms with Gasteiger partial charge < -0.3 is 5.73 Å². The molecule has 0 saturated carbocycles. The second-order valence-corrected chi connectivity index (χ2v) is 5.69. The maximum Gasteiger partial charge on any atom is 0.0438 e. The lowest BCUT2D eigenvalue weighted by Crippen LogP contribution is -2.14. The fourth-order valence-corrected chi connectivity index (χ4v) is 2.71. The van der Waals surface area contributed by atoms with Crippen molar-refractivity contribution in [1.82, 2.24) is 0 Å². The normalized spacial score (nSPS) is 12.4. The molecule has 2 N–H and O–H groups in total. The van der Waals surface area contributed by atoms with Gasteiger partial charge in [0.1, 0.15) is 0 Å². The van der Waals surface area contributed by atoms with Crippen LogP contribution in [0.1, 0.15) is 22.7 Å². The lowest BCUT2D eigenvalue weighted by Gasteiger charge is -2.15. The highest BCUT2D eigenvalue weighted by molar-refractivity contribution is 9.10. The summed E-state index contributed by atoms with van der Waals surface area (Å²) in [5.41, 5.74) is 9.69. The number of aryl methyl sites for hydroxylation is 1. The van der Waals surface area contributed by atoms with Crippen molar-refractivity contribution in [2.24, 2.45) is 5.73 Å². The zero-order chi connectivity index (χ0) is 13.1. The molecule has 0 spiro atoms. The van der Waals surface area contributed by atoms with Gasteiger partial charge in [-0.3, -0.25) is 0 Å². The first-order valence-electron chi connectivity index (χ1n) is 5.83. The molecule has 0 heterocycles. The molecule has 0 aliphatic heterocycles. The van der Waals surface area contributed by atoms with E-state index in [2.05, 4.69) is 35.0 Å². The molecule has 0 amide bonds. The average molecular weight is 325 g/mol. The molecule has 1 atom stereocenters. The molecule has 1 nitrogen and oxygen atoms in total.